The first-order valence-corrected chi connectivity index (χ1v) is 6.37. The largest absolute Gasteiger partial charge is 0.426 e. The van der Waals surface area contributed by atoms with Crippen LogP contribution in [0.25, 0.3) is 0 Å². The van der Waals surface area contributed by atoms with E-state index in [1.54, 1.807) is 7.11 Å². The van der Waals surface area contributed by atoms with E-state index in [2.05, 4.69) is 17.6 Å². The van der Waals surface area contributed by atoms with Crippen LogP contribution in [0.5, 0.6) is 0 Å². The Labute approximate surface area is 83.5 Å². The zero-order valence-electron chi connectivity index (χ0n) is 8.81. The third kappa shape index (κ3) is 8.39. The fourth-order valence-corrected chi connectivity index (χ4v) is 2.07. The van der Waals surface area contributed by atoms with E-state index >= 15 is 0 Å². The second-order valence-electron chi connectivity index (χ2n) is 3.05. The van der Waals surface area contributed by atoms with Crippen LogP contribution in [0.15, 0.2) is 0 Å². The first-order valence-electron chi connectivity index (χ1n) is 4.98. The van der Waals surface area contributed by atoms with Crippen molar-refractivity contribution in [2.24, 2.45) is 5.73 Å². The van der Waals surface area contributed by atoms with Gasteiger partial charge in [-0.2, -0.15) is 0 Å². The molecule has 0 aliphatic rings. The fourth-order valence-electron chi connectivity index (χ4n) is 1.11. The van der Waals surface area contributed by atoms with Gasteiger partial charge in [0.05, 0.1) is 0 Å². The van der Waals surface area contributed by atoms with Crippen LogP contribution in [0, 0.1) is 0 Å². The van der Waals surface area contributed by atoms with Gasteiger partial charge in [-0.3, -0.25) is 0 Å². The van der Waals surface area contributed by atoms with Crippen LogP contribution in [0.1, 0.15) is 13.3 Å². The molecule has 0 aromatic heterocycles. The summed E-state index contributed by atoms with van der Waals surface area (Å²) in [5.74, 6) is 0. The molecule has 13 heavy (non-hydrogen) atoms. The lowest BCUT2D eigenvalue weighted by Crippen LogP contribution is -2.39. The van der Waals surface area contributed by atoms with Crippen molar-refractivity contribution in [3.8, 4) is 0 Å². The highest BCUT2D eigenvalue weighted by Crippen LogP contribution is 1.87. The number of hydrogen-bond donors (Lipinski definition) is 3. The maximum atomic E-state index is 5.35. The normalized spacial score (nSPS) is 14.1. The van der Waals surface area contributed by atoms with Crippen molar-refractivity contribution >= 4 is 9.76 Å². The van der Waals surface area contributed by atoms with Gasteiger partial charge in [-0.05, 0) is 6.42 Å². The topological polar surface area (TPSA) is 59.3 Å². The Bertz CT molecular complexity index is 105. The van der Waals surface area contributed by atoms with E-state index in [4.69, 9.17) is 10.2 Å². The fraction of sp³-hybridized carbons (Fsp3) is 1.00. The minimum Gasteiger partial charge on any atom is -0.426 e. The SMILES string of the molecule is CCC(NCCNCCN)[SiH2]OC. The van der Waals surface area contributed by atoms with Crippen molar-refractivity contribution < 1.29 is 4.43 Å². The van der Waals surface area contributed by atoms with E-state index in [1.165, 1.54) is 0 Å². The van der Waals surface area contributed by atoms with Crippen molar-refractivity contribution in [2.45, 2.75) is 19.0 Å². The maximum Gasteiger partial charge on any atom is 0.177 e. The molecule has 0 aliphatic heterocycles. The number of nitrogens with two attached hydrogens (primary N) is 1. The molecule has 0 saturated carbocycles. The smallest absolute Gasteiger partial charge is 0.177 e. The molecule has 1 unspecified atom stereocenters. The van der Waals surface area contributed by atoms with E-state index in [9.17, 15) is 0 Å². The molecule has 4 N–H and O–H groups in total. The molecule has 1 atom stereocenters. The minimum atomic E-state index is -0.367. The predicted octanol–water partition coefficient (Wildman–Crippen LogP) is -1.41. The Morgan fingerprint density at radius 1 is 1.38 bits per heavy atom. The second-order valence-corrected chi connectivity index (χ2v) is 4.95. The molecule has 0 aliphatic carbocycles. The standard InChI is InChI=1S/C8H23N3OSi/c1-3-8(13-12-2)11-7-6-10-5-4-9/h8,10-11H,3-7,9,13H2,1-2H3. The summed E-state index contributed by atoms with van der Waals surface area (Å²) in [5.41, 5.74) is 5.96. The van der Waals surface area contributed by atoms with E-state index < -0.39 is 0 Å². The molecular formula is C8H23N3OSi. The molecule has 0 bridgehead atoms. The third-order valence-electron chi connectivity index (χ3n) is 1.92. The molecule has 0 amide bonds. The molecule has 0 aromatic rings. The van der Waals surface area contributed by atoms with Crippen molar-refractivity contribution in [3.05, 3.63) is 0 Å². The summed E-state index contributed by atoms with van der Waals surface area (Å²) in [6, 6.07) is 0. The van der Waals surface area contributed by atoms with Gasteiger partial charge >= 0.3 is 0 Å². The molecule has 0 heterocycles. The molecule has 0 radical (unpaired) electrons. The van der Waals surface area contributed by atoms with E-state index in [0.717, 1.165) is 26.1 Å². The minimum absolute atomic E-state index is 0.367. The summed E-state index contributed by atoms with van der Waals surface area (Å²) in [7, 11) is 1.43. The maximum absolute atomic E-state index is 5.35. The molecule has 0 rings (SSSR count). The first-order chi connectivity index (χ1) is 6.35. The summed E-state index contributed by atoms with van der Waals surface area (Å²) in [4.78, 5) is 0. The van der Waals surface area contributed by atoms with Gasteiger partial charge < -0.3 is 20.8 Å². The molecule has 5 heteroatoms. The Balaban J connectivity index is 3.17. The zero-order valence-corrected chi connectivity index (χ0v) is 10.2. The molecule has 0 fully saturated rings. The highest BCUT2D eigenvalue weighted by Gasteiger charge is 2.03. The zero-order chi connectivity index (χ0) is 9.94. The molecule has 80 valence electrons. The van der Waals surface area contributed by atoms with Crippen molar-refractivity contribution in [1.82, 2.24) is 10.6 Å². The second kappa shape index (κ2) is 10.1. The lowest BCUT2D eigenvalue weighted by Gasteiger charge is -2.15. The Hall–Kier alpha value is 0.0569. The van der Waals surface area contributed by atoms with Gasteiger partial charge in [0.1, 0.15) is 0 Å². The van der Waals surface area contributed by atoms with Crippen LogP contribution in [-0.4, -0.2) is 48.7 Å². The number of nitrogens with one attached hydrogen (secondary N) is 2. The van der Waals surface area contributed by atoms with E-state index in [1.807, 2.05) is 0 Å². The molecular weight excluding hydrogens is 182 g/mol. The molecule has 0 spiro atoms. The summed E-state index contributed by atoms with van der Waals surface area (Å²) in [5, 5.41) is 6.71. The van der Waals surface area contributed by atoms with Gasteiger partial charge in [-0.15, -0.1) is 0 Å². The van der Waals surface area contributed by atoms with Gasteiger partial charge in [0.2, 0.25) is 0 Å². The van der Waals surface area contributed by atoms with Crippen LogP contribution >= 0.6 is 0 Å². The van der Waals surface area contributed by atoms with Crippen molar-refractivity contribution in [2.75, 3.05) is 33.3 Å². The summed E-state index contributed by atoms with van der Waals surface area (Å²) < 4.78 is 5.21. The highest BCUT2D eigenvalue weighted by molar-refractivity contribution is 6.29. The van der Waals surface area contributed by atoms with Gasteiger partial charge in [0, 0.05) is 39.0 Å². The van der Waals surface area contributed by atoms with E-state index in [0.29, 0.717) is 12.2 Å². The Morgan fingerprint density at radius 2 is 2.15 bits per heavy atom. The predicted molar refractivity (Wildman–Crippen MR) is 59.6 cm³/mol. The van der Waals surface area contributed by atoms with Gasteiger partial charge in [0.15, 0.2) is 9.76 Å². The monoisotopic (exact) mass is 205 g/mol. The van der Waals surface area contributed by atoms with Gasteiger partial charge in [-0.25, -0.2) is 0 Å². The highest BCUT2D eigenvalue weighted by atomic mass is 28.2. The molecule has 0 aromatic carbocycles. The van der Waals surface area contributed by atoms with Gasteiger partial charge in [0.25, 0.3) is 0 Å². The Kier molecular flexibility index (Phi) is 10.2. The van der Waals surface area contributed by atoms with E-state index in [-0.39, 0.29) is 9.76 Å². The Morgan fingerprint density at radius 3 is 2.69 bits per heavy atom. The lowest BCUT2D eigenvalue weighted by atomic mass is 10.4. The lowest BCUT2D eigenvalue weighted by molar-refractivity contribution is 0.416. The van der Waals surface area contributed by atoms with Crippen LogP contribution in [0.2, 0.25) is 0 Å². The van der Waals surface area contributed by atoms with Crippen LogP contribution < -0.4 is 16.4 Å². The average molecular weight is 205 g/mol. The van der Waals surface area contributed by atoms with Crippen LogP contribution in [0.4, 0.5) is 0 Å². The quantitative estimate of drug-likeness (QED) is 0.320. The van der Waals surface area contributed by atoms with Crippen molar-refractivity contribution in [3.63, 3.8) is 0 Å². The summed E-state index contributed by atoms with van der Waals surface area (Å²) in [6.07, 6.45) is 1.16. The van der Waals surface area contributed by atoms with Gasteiger partial charge in [-0.1, -0.05) is 6.92 Å². The molecule has 4 nitrogen and oxygen atoms in total. The summed E-state index contributed by atoms with van der Waals surface area (Å²) >= 11 is 0. The number of rotatable bonds is 9. The average Bonchev–Trinajstić information content (AvgIpc) is 2.16. The first kappa shape index (κ1) is 13.1. The third-order valence-corrected chi connectivity index (χ3v) is 3.52. The summed E-state index contributed by atoms with van der Waals surface area (Å²) in [6.45, 7) is 5.81. The molecule has 0 saturated heterocycles. The van der Waals surface area contributed by atoms with Crippen LogP contribution in [0.3, 0.4) is 0 Å². The van der Waals surface area contributed by atoms with Crippen molar-refractivity contribution in [1.29, 1.82) is 0 Å². The van der Waals surface area contributed by atoms with Crippen LogP contribution in [-0.2, 0) is 4.43 Å². The number of hydrogen-bond acceptors (Lipinski definition) is 4.